The number of anilines is 2. The molecule has 4 aromatic rings. The molecule has 186 valence electrons. The molecule has 3 heterocycles. The maximum Gasteiger partial charge on any atom is 0.254 e. The summed E-state index contributed by atoms with van der Waals surface area (Å²) in [5, 5.41) is 3.33. The fourth-order valence-electron chi connectivity index (χ4n) is 4.71. The van der Waals surface area contributed by atoms with Gasteiger partial charge in [-0.25, -0.2) is 14.4 Å². The van der Waals surface area contributed by atoms with Gasteiger partial charge in [-0.1, -0.05) is 6.07 Å². The molecule has 1 aliphatic heterocycles. The third-order valence-corrected chi connectivity index (χ3v) is 7.60. The predicted octanol–water partition coefficient (Wildman–Crippen LogP) is 5.12. The fraction of sp³-hybridized carbons (Fsp3) is 0.296. The number of benzene rings is 2. The Hall–Kier alpha value is -3.43. The van der Waals surface area contributed by atoms with Crippen molar-refractivity contribution in [2.75, 3.05) is 31.2 Å². The van der Waals surface area contributed by atoms with Crippen LogP contribution in [-0.4, -0.2) is 51.1 Å². The Balaban J connectivity index is 1.37. The average Bonchev–Trinajstić information content (AvgIpc) is 3.34. The van der Waals surface area contributed by atoms with E-state index in [4.69, 9.17) is 5.73 Å². The minimum Gasteiger partial charge on any atom is -0.339 e. The van der Waals surface area contributed by atoms with Gasteiger partial charge in [0.2, 0.25) is 0 Å². The molecule has 1 aliphatic rings. The number of halogens is 1. The number of imidazole rings is 1. The molecule has 1 saturated heterocycles. The van der Waals surface area contributed by atoms with Crippen molar-refractivity contribution in [1.29, 1.82) is 0 Å². The van der Waals surface area contributed by atoms with Crippen molar-refractivity contribution >= 4 is 34.8 Å². The average molecular weight is 505 g/mol. The quantitative estimate of drug-likeness (QED) is 0.354. The third-order valence-electron chi connectivity index (χ3n) is 6.83. The largest absolute Gasteiger partial charge is 0.339 e. The molecule has 2 aromatic carbocycles. The first-order chi connectivity index (χ1) is 17.5. The number of aryl methyl sites for hydroxylation is 1. The molecule has 0 atom stereocenters. The van der Waals surface area contributed by atoms with Crippen molar-refractivity contribution < 1.29 is 9.18 Å². The van der Waals surface area contributed by atoms with Crippen LogP contribution in [0.3, 0.4) is 0 Å². The van der Waals surface area contributed by atoms with Crippen molar-refractivity contribution in [2.45, 2.75) is 24.7 Å². The van der Waals surface area contributed by atoms with Gasteiger partial charge in [-0.3, -0.25) is 9.20 Å². The lowest BCUT2D eigenvalue weighted by Gasteiger charge is -2.31. The normalized spacial score (nSPS) is 14.4. The first kappa shape index (κ1) is 24.3. The van der Waals surface area contributed by atoms with E-state index < -0.39 is 0 Å². The number of amides is 1. The Morgan fingerprint density at radius 1 is 1.19 bits per heavy atom. The van der Waals surface area contributed by atoms with Gasteiger partial charge in [0, 0.05) is 47.2 Å². The molecule has 1 amide bonds. The van der Waals surface area contributed by atoms with Crippen molar-refractivity contribution in [1.82, 2.24) is 19.3 Å². The van der Waals surface area contributed by atoms with E-state index in [1.165, 1.54) is 17.8 Å². The minimum atomic E-state index is -0.254. The van der Waals surface area contributed by atoms with Crippen molar-refractivity contribution in [3.8, 4) is 11.3 Å². The van der Waals surface area contributed by atoms with E-state index in [-0.39, 0.29) is 11.7 Å². The molecule has 0 spiro atoms. The second-order valence-electron chi connectivity index (χ2n) is 9.09. The zero-order chi connectivity index (χ0) is 25.2. The smallest absolute Gasteiger partial charge is 0.254 e. The molecule has 0 aliphatic carbocycles. The SMILES string of the molecule is CSc1ccc(-c2cnc3c(Nc4ccc(C(=O)N5CCC(CN)CC5)c(C)c4)nccn23)cc1F. The number of nitrogens with two attached hydrogens (primary N) is 1. The number of likely N-dealkylation sites (tertiary alicyclic amines) is 1. The predicted molar refractivity (Wildman–Crippen MR) is 142 cm³/mol. The lowest BCUT2D eigenvalue weighted by Crippen LogP contribution is -2.40. The molecule has 0 saturated carbocycles. The standard InChI is InChI=1S/C27H29FN6OS/c1-17-13-20(4-5-21(17)27(35)33-10-7-18(15-29)8-11-33)32-25-26-31-16-23(34(26)12-9-30-25)19-3-6-24(36-2)22(28)14-19/h3-6,9,12-14,16,18H,7-8,10-11,15,29H2,1-2H3,(H,30,32). The lowest BCUT2D eigenvalue weighted by atomic mass is 9.96. The van der Waals surface area contributed by atoms with Gasteiger partial charge < -0.3 is 16.0 Å². The monoisotopic (exact) mass is 504 g/mol. The molecule has 5 rings (SSSR count). The van der Waals surface area contributed by atoms with Gasteiger partial charge in [0.05, 0.1) is 11.9 Å². The number of thioether (sulfide) groups is 1. The van der Waals surface area contributed by atoms with E-state index in [0.717, 1.165) is 48.4 Å². The van der Waals surface area contributed by atoms with E-state index in [1.54, 1.807) is 18.5 Å². The van der Waals surface area contributed by atoms with Crippen molar-refractivity contribution in [3.05, 3.63) is 71.9 Å². The number of fused-ring (bicyclic) bond motifs is 1. The van der Waals surface area contributed by atoms with Crippen LogP contribution >= 0.6 is 11.8 Å². The molecule has 0 unspecified atom stereocenters. The van der Waals surface area contributed by atoms with Gasteiger partial charge in [0.1, 0.15) is 5.82 Å². The lowest BCUT2D eigenvalue weighted by molar-refractivity contribution is 0.0692. The van der Waals surface area contributed by atoms with E-state index in [2.05, 4.69) is 15.3 Å². The van der Waals surface area contributed by atoms with Gasteiger partial charge in [-0.2, -0.15) is 0 Å². The number of rotatable bonds is 6. The van der Waals surface area contributed by atoms with Crippen LogP contribution in [0.25, 0.3) is 16.9 Å². The summed E-state index contributed by atoms with van der Waals surface area (Å²) in [6.45, 7) is 4.12. The van der Waals surface area contributed by atoms with Gasteiger partial charge in [-0.05, 0) is 74.4 Å². The topological polar surface area (TPSA) is 88.5 Å². The number of aromatic nitrogens is 3. The van der Waals surface area contributed by atoms with Crippen LogP contribution in [0, 0.1) is 18.7 Å². The number of hydrogen-bond acceptors (Lipinski definition) is 6. The number of nitrogens with one attached hydrogen (secondary N) is 1. The summed E-state index contributed by atoms with van der Waals surface area (Å²) < 4.78 is 16.3. The van der Waals surface area contributed by atoms with Crippen molar-refractivity contribution in [3.63, 3.8) is 0 Å². The fourth-order valence-corrected chi connectivity index (χ4v) is 5.16. The number of carbonyl (C=O) groups excluding carboxylic acids is 1. The highest BCUT2D eigenvalue weighted by Crippen LogP contribution is 2.29. The summed E-state index contributed by atoms with van der Waals surface area (Å²) in [5.74, 6) is 0.893. The molecular weight excluding hydrogens is 475 g/mol. The van der Waals surface area contributed by atoms with Crippen LogP contribution in [0.4, 0.5) is 15.9 Å². The molecule has 2 aromatic heterocycles. The Bertz CT molecular complexity index is 1410. The van der Waals surface area contributed by atoms with Gasteiger partial charge in [0.15, 0.2) is 11.5 Å². The first-order valence-electron chi connectivity index (χ1n) is 12.0. The second-order valence-corrected chi connectivity index (χ2v) is 9.94. The number of carbonyl (C=O) groups is 1. The van der Waals surface area contributed by atoms with E-state index in [9.17, 15) is 9.18 Å². The first-order valence-corrected chi connectivity index (χ1v) is 13.2. The summed E-state index contributed by atoms with van der Waals surface area (Å²) in [6.07, 6.45) is 8.98. The molecule has 1 fully saturated rings. The summed E-state index contributed by atoms with van der Waals surface area (Å²) in [7, 11) is 0. The van der Waals surface area contributed by atoms with Gasteiger partial charge >= 0.3 is 0 Å². The molecule has 0 bridgehead atoms. The van der Waals surface area contributed by atoms with Crippen LogP contribution in [-0.2, 0) is 0 Å². The zero-order valence-corrected chi connectivity index (χ0v) is 21.2. The maximum atomic E-state index is 14.4. The molecular formula is C27H29FN6OS. The highest BCUT2D eigenvalue weighted by atomic mass is 32.2. The van der Waals surface area contributed by atoms with Crippen LogP contribution in [0.2, 0.25) is 0 Å². The maximum absolute atomic E-state index is 14.4. The molecule has 7 nitrogen and oxygen atoms in total. The van der Waals surface area contributed by atoms with Crippen molar-refractivity contribution in [2.24, 2.45) is 11.7 Å². The Morgan fingerprint density at radius 3 is 2.69 bits per heavy atom. The van der Waals surface area contributed by atoms with E-state index >= 15 is 0 Å². The second kappa shape index (κ2) is 10.3. The van der Waals surface area contributed by atoms with Gasteiger partial charge in [0.25, 0.3) is 5.91 Å². The summed E-state index contributed by atoms with van der Waals surface area (Å²) >= 11 is 1.38. The number of hydrogen-bond donors (Lipinski definition) is 2. The minimum absolute atomic E-state index is 0.0624. The number of nitrogens with zero attached hydrogens (tertiary/aromatic N) is 4. The van der Waals surface area contributed by atoms with Gasteiger partial charge in [-0.15, -0.1) is 11.8 Å². The Kier molecular flexibility index (Phi) is 6.93. The molecule has 3 N–H and O–H groups in total. The van der Waals surface area contributed by atoms with E-state index in [1.807, 2.05) is 52.9 Å². The summed E-state index contributed by atoms with van der Waals surface area (Å²) in [5.41, 5.74) is 10.3. The van der Waals surface area contributed by atoms with Crippen LogP contribution in [0.15, 0.2) is 59.9 Å². The van der Waals surface area contributed by atoms with E-state index in [0.29, 0.717) is 34.4 Å². The summed E-state index contributed by atoms with van der Waals surface area (Å²) in [6, 6.07) is 10.9. The highest BCUT2D eigenvalue weighted by Gasteiger charge is 2.24. The molecule has 9 heteroatoms. The molecule has 36 heavy (non-hydrogen) atoms. The zero-order valence-electron chi connectivity index (χ0n) is 20.4. The highest BCUT2D eigenvalue weighted by molar-refractivity contribution is 7.98. The van der Waals surface area contributed by atoms with Crippen LogP contribution in [0.1, 0.15) is 28.8 Å². The van der Waals surface area contributed by atoms with Crippen LogP contribution in [0.5, 0.6) is 0 Å². The molecule has 0 radical (unpaired) electrons. The third kappa shape index (κ3) is 4.68. The van der Waals surface area contributed by atoms with Crippen LogP contribution < -0.4 is 11.1 Å². The Labute approximate surface area is 213 Å². The number of piperidine rings is 1. The summed E-state index contributed by atoms with van der Waals surface area (Å²) in [4.78, 5) is 24.6. The Morgan fingerprint density at radius 2 is 2.00 bits per heavy atom.